The first-order valence-electron chi connectivity index (χ1n) is 4.52. The summed E-state index contributed by atoms with van der Waals surface area (Å²) in [4.78, 5) is 9.50. The Hall–Kier alpha value is -1.33. The molecule has 15 heavy (non-hydrogen) atoms. The van der Waals surface area contributed by atoms with Gasteiger partial charge in [-0.15, -0.1) is 0 Å². The van der Waals surface area contributed by atoms with Crippen LogP contribution < -0.4 is 5.73 Å². The number of aromatic nitrogens is 1. The van der Waals surface area contributed by atoms with Gasteiger partial charge in [-0.3, -0.25) is 0 Å². The van der Waals surface area contributed by atoms with Gasteiger partial charge in [0.15, 0.2) is 5.96 Å². The van der Waals surface area contributed by atoms with Crippen molar-refractivity contribution in [3.63, 3.8) is 0 Å². The van der Waals surface area contributed by atoms with E-state index in [1.165, 1.54) is 0 Å². The Bertz CT molecular complexity index is 378. The van der Waals surface area contributed by atoms with Crippen molar-refractivity contribution in [3.05, 3.63) is 29.0 Å². The Morgan fingerprint density at radius 3 is 2.93 bits per heavy atom. The average Bonchev–Trinajstić information content (AvgIpc) is 2.53. The topological polar surface area (TPSA) is 74.7 Å². The van der Waals surface area contributed by atoms with Crippen LogP contribution in [0.2, 0.25) is 5.15 Å². The number of guanidine groups is 1. The molecule has 0 radical (unpaired) electrons. The third-order valence-electron chi connectivity index (χ3n) is 2.21. The van der Waals surface area contributed by atoms with Crippen LogP contribution in [0.3, 0.4) is 0 Å². The van der Waals surface area contributed by atoms with Gasteiger partial charge in [-0.05, 0) is 11.6 Å². The highest BCUT2D eigenvalue weighted by Crippen LogP contribution is 2.12. The van der Waals surface area contributed by atoms with Crippen molar-refractivity contribution in [3.8, 4) is 0 Å². The largest absolute Gasteiger partial charge is 0.372 e. The van der Waals surface area contributed by atoms with Crippen LogP contribution in [0.25, 0.3) is 0 Å². The molecule has 1 aliphatic heterocycles. The molecule has 80 valence electrons. The first kappa shape index (κ1) is 10.2. The number of aliphatic hydroxyl groups excluding tert-OH is 1. The molecule has 0 bridgehead atoms. The maximum atomic E-state index is 9.56. The number of hydrogen-bond acceptors (Lipinski definition) is 5. The third kappa shape index (κ3) is 2.19. The molecule has 3 N–H and O–H groups in total. The number of aliphatic imine (C=N–C) groups is 1. The van der Waals surface area contributed by atoms with Gasteiger partial charge >= 0.3 is 0 Å². The van der Waals surface area contributed by atoms with Crippen molar-refractivity contribution >= 4 is 17.6 Å². The Morgan fingerprint density at radius 1 is 1.60 bits per heavy atom. The van der Waals surface area contributed by atoms with Crippen molar-refractivity contribution in [2.75, 3.05) is 6.54 Å². The van der Waals surface area contributed by atoms with E-state index in [9.17, 15) is 5.11 Å². The molecule has 1 unspecified atom stereocenters. The summed E-state index contributed by atoms with van der Waals surface area (Å²) in [7, 11) is 0. The highest BCUT2D eigenvalue weighted by molar-refractivity contribution is 6.29. The SMILES string of the molecule is NC1=NCC(O)N1Cc1ccc(Cl)nc1. The molecule has 0 aliphatic carbocycles. The van der Waals surface area contributed by atoms with Crippen LogP contribution in [-0.2, 0) is 6.54 Å². The first-order valence-corrected chi connectivity index (χ1v) is 4.89. The summed E-state index contributed by atoms with van der Waals surface area (Å²) in [5.74, 6) is 0.359. The highest BCUT2D eigenvalue weighted by atomic mass is 35.5. The number of nitrogens with zero attached hydrogens (tertiary/aromatic N) is 3. The van der Waals surface area contributed by atoms with E-state index in [0.29, 0.717) is 24.2 Å². The molecule has 1 aromatic heterocycles. The molecule has 0 aromatic carbocycles. The Kier molecular flexibility index (Phi) is 2.75. The van der Waals surface area contributed by atoms with Crippen molar-refractivity contribution in [2.24, 2.45) is 10.7 Å². The lowest BCUT2D eigenvalue weighted by Crippen LogP contribution is -2.39. The first-order chi connectivity index (χ1) is 7.16. The highest BCUT2D eigenvalue weighted by Gasteiger charge is 2.23. The fourth-order valence-electron chi connectivity index (χ4n) is 1.40. The molecule has 0 saturated carbocycles. The fraction of sp³-hybridized carbons (Fsp3) is 0.333. The van der Waals surface area contributed by atoms with E-state index in [0.717, 1.165) is 5.56 Å². The number of hydrogen-bond donors (Lipinski definition) is 2. The van der Waals surface area contributed by atoms with Crippen LogP contribution in [0.5, 0.6) is 0 Å². The molecular formula is C9H11ClN4O. The summed E-state index contributed by atoms with van der Waals surface area (Å²) >= 11 is 5.66. The van der Waals surface area contributed by atoms with Gasteiger partial charge in [0.1, 0.15) is 11.4 Å². The molecule has 0 fully saturated rings. The predicted molar refractivity (Wildman–Crippen MR) is 57.3 cm³/mol. The maximum Gasteiger partial charge on any atom is 0.193 e. The zero-order valence-electron chi connectivity index (χ0n) is 7.97. The predicted octanol–water partition coefficient (Wildman–Crippen LogP) is 0.184. The van der Waals surface area contributed by atoms with Gasteiger partial charge in [0.2, 0.25) is 0 Å². The van der Waals surface area contributed by atoms with Crippen molar-refractivity contribution in [2.45, 2.75) is 12.8 Å². The minimum Gasteiger partial charge on any atom is -0.372 e. The van der Waals surface area contributed by atoms with E-state index in [4.69, 9.17) is 17.3 Å². The van der Waals surface area contributed by atoms with Gasteiger partial charge < -0.3 is 15.7 Å². The number of nitrogens with two attached hydrogens (primary N) is 1. The molecule has 2 heterocycles. The number of pyridine rings is 1. The molecule has 1 atom stereocenters. The van der Waals surface area contributed by atoms with Crippen LogP contribution in [-0.4, -0.2) is 33.7 Å². The molecule has 1 aliphatic rings. The third-order valence-corrected chi connectivity index (χ3v) is 2.44. The minimum atomic E-state index is -0.638. The Morgan fingerprint density at radius 2 is 2.40 bits per heavy atom. The van der Waals surface area contributed by atoms with Gasteiger partial charge in [-0.2, -0.15) is 0 Å². The van der Waals surface area contributed by atoms with Crippen LogP contribution in [0.1, 0.15) is 5.56 Å². The lowest BCUT2D eigenvalue weighted by atomic mass is 10.2. The summed E-state index contributed by atoms with van der Waals surface area (Å²) in [6, 6.07) is 3.54. The quantitative estimate of drug-likeness (QED) is 0.706. The summed E-state index contributed by atoms with van der Waals surface area (Å²) in [6.45, 7) is 0.813. The Labute approximate surface area is 92.2 Å². The average molecular weight is 227 g/mol. The van der Waals surface area contributed by atoms with Gasteiger partial charge in [0, 0.05) is 12.7 Å². The van der Waals surface area contributed by atoms with Gasteiger partial charge in [-0.1, -0.05) is 17.7 Å². The zero-order chi connectivity index (χ0) is 10.8. The minimum absolute atomic E-state index is 0.326. The maximum absolute atomic E-state index is 9.56. The summed E-state index contributed by atoms with van der Waals surface area (Å²) in [5, 5.41) is 10.0. The summed E-state index contributed by atoms with van der Waals surface area (Å²) < 4.78 is 0. The number of aliphatic hydroxyl groups is 1. The molecular weight excluding hydrogens is 216 g/mol. The number of rotatable bonds is 2. The van der Waals surface area contributed by atoms with E-state index < -0.39 is 6.23 Å². The molecule has 1 aromatic rings. The van der Waals surface area contributed by atoms with E-state index >= 15 is 0 Å². The molecule has 5 nitrogen and oxygen atoms in total. The zero-order valence-corrected chi connectivity index (χ0v) is 8.72. The molecule has 2 rings (SSSR count). The lowest BCUT2D eigenvalue weighted by molar-refractivity contribution is 0.0700. The van der Waals surface area contributed by atoms with Crippen LogP contribution >= 0.6 is 11.6 Å². The second kappa shape index (κ2) is 4.04. The van der Waals surface area contributed by atoms with Crippen molar-refractivity contribution < 1.29 is 5.11 Å². The standard InChI is InChI=1S/C9H11ClN4O/c10-7-2-1-6(3-12-7)5-14-8(15)4-13-9(14)11/h1-3,8,15H,4-5H2,(H2,11,13). The van der Waals surface area contributed by atoms with Crippen molar-refractivity contribution in [1.82, 2.24) is 9.88 Å². The molecule has 0 spiro atoms. The van der Waals surface area contributed by atoms with Gasteiger partial charge in [-0.25, -0.2) is 9.98 Å². The molecule has 6 heteroatoms. The summed E-state index contributed by atoms with van der Waals surface area (Å²) in [5.41, 5.74) is 6.55. The van der Waals surface area contributed by atoms with E-state index in [1.54, 1.807) is 17.2 Å². The van der Waals surface area contributed by atoms with Crippen LogP contribution in [0, 0.1) is 0 Å². The smallest absolute Gasteiger partial charge is 0.193 e. The van der Waals surface area contributed by atoms with Crippen molar-refractivity contribution in [1.29, 1.82) is 0 Å². The van der Waals surface area contributed by atoms with E-state index in [1.807, 2.05) is 6.07 Å². The number of halogens is 1. The lowest BCUT2D eigenvalue weighted by Gasteiger charge is -2.21. The van der Waals surface area contributed by atoms with E-state index in [-0.39, 0.29) is 0 Å². The second-order valence-electron chi connectivity index (χ2n) is 3.30. The monoisotopic (exact) mass is 226 g/mol. The second-order valence-corrected chi connectivity index (χ2v) is 3.68. The molecule has 0 amide bonds. The Balaban J connectivity index is 2.08. The molecule has 0 saturated heterocycles. The van der Waals surface area contributed by atoms with E-state index in [2.05, 4.69) is 9.98 Å². The van der Waals surface area contributed by atoms with Crippen LogP contribution in [0.15, 0.2) is 23.3 Å². The van der Waals surface area contributed by atoms with Gasteiger partial charge in [0.05, 0.1) is 6.54 Å². The van der Waals surface area contributed by atoms with Gasteiger partial charge in [0.25, 0.3) is 0 Å². The summed E-state index contributed by atoms with van der Waals surface area (Å²) in [6.07, 6.45) is 1.02. The van der Waals surface area contributed by atoms with Crippen LogP contribution in [0.4, 0.5) is 0 Å². The fourth-order valence-corrected chi connectivity index (χ4v) is 1.51. The normalized spacial score (nSPS) is 20.5.